The lowest BCUT2D eigenvalue weighted by molar-refractivity contribution is 0.100. The van der Waals surface area contributed by atoms with Crippen LogP contribution in [-0.4, -0.2) is 27.6 Å². The molecule has 4 rings (SSSR count). The molecule has 28 heavy (non-hydrogen) atoms. The quantitative estimate of drug-likeness (QED) is 0.687. The van der Waals surface area contributed by atoms with Crippen LogP contribution in [0.4, 0.5) is 10.2 Å². The Bertz CT molecular complexity index is 984. The second kappa shape index (κ2) is 7.34. The molecule has 3 N–H and O–H groups in total. The molecule has 6 nitrogen and oxygen atoms in total. The van der Waals surface area contributed by atoms with Crippen LogP contribution in [0.3, 0.4) is 0 Å². The molecule has 7 heteroatoms. The molecule has 1 fully saturated rings. The van der Waals surface area contributed by atoms with E-state index in [1.54, 1.807) is 36.5 Å². The second-order valence-corrected chi connectivity index (χ2v) is 7.07. The van der Waals surface area contributed by atoms with Crippen LogP contribution in [0.25, 0.3) is 11.3 Å². The van der Waals surface area contributed by atoms with Crippen molar-refractivity contribution >= 4 is 11.7 Å². The standard InChI is InChI=1S/C21H20FN5O/c22-16-3-1-12-24-19(16)21(10-2-11-21)13-25-18-9-8-17(26-27-18)14-4-6-15(7-5-14)20(23)28/h1,3-9,12H,2,10-11,13H2,(H2,23,28)(H,25,27). The molecule has 0 spiro atoms. The van der Waals surface area contributed by atoms with E-state index in [0.717, 1.165) is 24.8 Å². The topological polar surface area (TPSA) is 93.8 Å². The average molecular weight is 377 g/mol. The van der Waals surface area contributed by atoms with E-state index in [1.807, 2.05) is 12.1 Å². The molecule has 0 atom stereocenters. The van der Waals surface area contributed by atoms with Crippen molar-refractivity contribution in [1.82, 2.24) is 15.2 Å². The lowest BCUT2D eigenvalue weighted by atomic mass is 9.66. The Morgan fingerprint density at radius 2 is 1.89 bits per heavy atom. The first kappa shape index (κ1) is 18.0. The number of nitrogens with one attached hydrogen (secondary N) is 1. The summed E-state index contributed by atoms with van der Waals surface area (Å²) in [5.74, 6) is -0.101. The van der Waals surface area contributed by atoms with E-state index in [1.165, 1.54) is 6.07 Å². The van der Waals surface area contributed by atoms with Crippen molar-refractivity contribution in [2.45, 2.75) is 24.7 Å². The minimum Gasteiger partial charge on any atom is -0.368 e. The minimum atomic E-state index is -0.466. The van der Waals surface area contributed by atoms with Gasteiger partial charge in [0.15, 0.2) is 0 Å². The number of aromatic nitrogens is 3. The Morgan fingerprint density at radius 3 is 2.46 bits per heavy atom. The maximum absolute atomic E-state index is 14.2. The van der Waals surface area contributed by atoms with Gasteiger partial charge in [0.1, 0.15) is 11.6 Å². The maximum atomic E-state index is 14.2. The van der Waals surface area contributed by atoms with E-state index in [9.17, 15) is 9.18 Å². The third-order valence-electron chi connectivity index (χ3n) is 5.31. The number of amides is 1. The van der Waals surface area contributed by atoms with E-state index in [4.69, 9.17) is 5.73 Å². The molecule has 1 aromatic carbocycles. The van der Waals surface area contributed by atoms with E-state index in [2.05, 4.69) is 20.5 Å². The molecule has 0 saturated heterocycles. The molecule has 0 radical (unpaired) electrons. The number of benzene rings is 1. The molecule has 2 aromatic heterocycles. The van der Waals surface area contributed by atoms with Crippen LogP contribution in [-0.2, 0) is 5.41 Å². The molecular formula is C21H20FN5O. The van der Waals surface area contributed by atoms with Crippen molar-refractivity contribution in [3.63, 3.8) is 0 Å². The van der Waals surface area contributed by atoms with Crippen LogP contribution in [0.2, 0.25) is 0 Å². The number of primary amides is 1. The van der Waals surface area contributed by atoms with E-state index >= 15 is 0 Å². The van der Waals surface area contributed by atoms with Gasteiger partial charge < -0.3 is 11.1 Å². The molecule has 0 bridgehead atoms. The van der Waals surface area contributed by atoms with Crippen LogP contribution in [0.5, 0.6) is 0 Å². The molecular weight excluding hydrogens is 357 g/mol. The fourth-order valence-corrected chi connectivity index (χ4v) is 3.52. The van der Waals surface area contributed by atoms with Gasteiger partial charge in [0, 0.05) is 29.3 Å². The zero-order valence-corrected chi connectivity index (χ0v) is 15.2. The van der Waals surface area contributed by atoms with Gasteiger partial charge in [-0.3, -0.25) is 9.78 Å². The number of anilines is 1. The Balaban J connectivity index is 1.46. The summed E-state index contributed by atoms with van der Waals surface area (Å²) in [6.07, 6.45) is 4.48. The van der Waals surface area contributed by atoms with Crippen LogP contribution in [0.15, 0.2) is 54.7 Å². The summed E-state index contributed by atoms with van der Waals surface area (Å²) in [4.78, 5) is 15.4. The highest BCUT2D eigenvalue weighted by molar-refractivity contribution is 5.93. The molecule has 0 unspecified atom stereocenters. The predicted molar refractivity (Wildman–Crippen MR) is 104 cm³/mol. The fourth-order valence-electron chi connectivity index (χ4n) is 3.52. The molecule has 1 aliphatic rings. The summed E-state index contributed by atoms with van der Waals surface area (Å²) in [5.41, 5.74) is 7.46. The van der Waals surface area contributed by atoms with E-state index in [0.29, 0.717) is 29.3 Å². The maximum Gasteiger partial charge on any atom is 0.248 e. The van der Waals surface area contributed by atoms with Crippen molar-refractivity contribution in [1.29, 1.82) is 0 Å². The van der Waals surface area contributed by atoms with Gasteiger partial charge in [-0.25, -0.2) is 4.39 Å². The number of hydrogen-bond acceptors (Lipinski definition) is 5. The molecule has 142 valence electrons. The molecule has 1 saturated carbocycles. The molecule has 1 aliphatic carbocycles. The molecule has 0 aliphatic heterocycles. The smallest absolute Gasteiger partial charge is 0.248 e. The lowest BCUT2D eigenvalue weighted by Gasteiger charge is -2.41. The predicted octanol–water partition coefficient (Wildman–Crippen LogP) is 3.31. The van der Waals surface area contributed by atoms with Gasteiger partial charge in [-0.05, 0) is 49.2 Å². The summed E-state index contributed by atoms with van der Waals surface area (Å²) in [6.45, 7) is 0.558. The van der Waals surface area contributed by atoms with Crippen LogP contribution in [0.1, 0.15) is 35.3 Å². The first-order valence-corrected chi connectivity index (χ1v) is 9.16. The normalized spacial score (nSPS) is 14.9. The molecule has 2 heterocycles. The van der Waals surface area contributed by atoms with Gasteiger partial charge in [-0.1, -0.05) is 18.6 Å². The number of nitrogens with two attached hydrogens (primary N) is 1. The zero-order chi connectivity index (χ0) is 19.6. The zero-order valence-electron chi connectivity index (χ0n) is 15.2. The van der Waals surface area contributed by atoms with Crippen LogP contribution >= 0.6 is 0 Å². The number of nitrogens with zero attached hydrogens (tertiary/aromatic N) is 3. The highest BCUT2D eigenvalue weighted by Crippen LogP contribution is 2.43. The SMILES string of the molecule is NC(=O)c1ccc(-c2ccc(NCC3(c4ncccc4F)CCC3)nn2)cc1. The third-order valence-corrected chi connectivity index (χ3v) is 5.31. The van der Waals surface area contributed by atoms with Gasteiger partial charge in [0.05, 0.1) is 11.4 Å². The largest absolute Gasteiger partial charge is 0.368 e. The van der Waals surface area contributed by atoms with Crippen LogP contribution in [0, 0.1) is 5.82 Å². The van der Waals surface area contributed by atoms with Gasteiger partial charge in [0.25, 0.3) is 0 Å². The summed E-state index contributed by atoms with van der Waals surface area (Å²) in [5, 5.41) is 11.7. The molecule has 1 amide bonds. The van der Waals surface area contributed by atoms with E-state index < -0.39 is 5.91 Å². The van der Waals surface area contributed by atoms with Crippen LogP contribution < -0.4 is 11.1 Å². The summed E-state index contributed by atoms with van der Waals surface area (Å²) >= 11 is 0. The van der Waals surface area contributed by atoms with Gasteiger partial charge in [-0.15, -0.1) is 10.2 Å². The Labute approximate surface area is 162 Å². The Kier molecular flexibility index (Phi) is 4.73. The summed E-state index contributed by atoms with van der Waals surface area (Å²) in [6, 6.07) is 13.6. The number of carbonyl (C=O) groups is 1. The summed E-state index contributed by atoms with van der Waals surface area (Å²) < 4.78 is 14.2. The minimum absolute atomic E-state index is 0.259. The first-order valence-electron chi connectivity index (χ1n) is 9.16. The highest BCUT2D eigenvalue weighted by atomic mass is 19.1. The average Bonchev–Trinajstić information content (AvgIpc) is 2.69. The molecule has 3 aromatic rings. The number of carbonyl (C=O) groups excluding carboxylic acids is 1. The number of pyridine rings is 1. The fraction of sp³-hybridized carbons (Fsp3) is 0.238. The van der Waals surface area contributed by atoms with Gasteiger partial charge in [0.2, 0.25) is 5.91 Å². The van der Waals surface area contributed by atoms with Crippen molar-refractivity contribution < 1.29 is 9.18 Å². The van der Waals surface area contributed by atoms with Gasteiger partial charge in [-0.2, -0.15) is 0 Å². The van der Waals surface area contributed by atoms with E-state index in [-0.39, 0.29) is 11.2 Å². The summed E-state index contributed by atoms with van der Waals surface area (Å²) in [7, 11) is 0. The van der Waals surface area contributed by atoms with Gasteiger partial charge >= 0.3 is 0 Å². The first-order chi connectivity index (χ1) is 13.6. The third kappa shape index (κ3) is 3.43. The van der Waals surface area contributed by atoms with Crippen molar-refractivity contribution in [3.05, 3.63) is 71.8 Å². The number of hydrogen-bond donors (Lipinski definition) is 2. The lowest BCUT2D eigenvalue weighted by Crippen LogP contribution is -2.42. The highest BCUT2D eigenvalue weighted by Gasteiger charge is 2.41. The van der Waals surface area contributed by atoms with Crippen molar-refractivity contribution in [3.8, 4) is 11.3 Å². The monoisotopic (exact) mass is 377 g/mol. The Hall–Kier alpha value is -3.35. The second-order valence-electron chi connectivity index (χ2n) is 7.07. The number of halogens is 1. The number of rotatable bonds is 6. The Morgan fingerprint density at radius 1 is 1.11 bits per heavy atom. The van der Waals surface area contributed by atoms with Crippen molar-refractivity contribution in [2.75, 3.05) is 11.9 Å². The van der Waals surface area contributed by atoms with Crippen molar-refractivity contribution in [2.24, 2.45) is 5.73 Å².